The zero-order valence-corrected chi connectivity index (χ0v) is 21.1. The summed E-state index contributed by atoms with van der Waals surface area (Å²) >= 11 is 12.8. The van der Waals surface area contributed by atoms with Gasteiger partial charge in [-0.3, -0.25) is 4.79 Å². The van der Waals surface area contributed by atoms with Crippen LogP contribution in [-0.4, -0.2) is 24.7 Å². The van der Waals surface area contributed by atoms with E-state index in [1.165, 1.54) is 23.9 Å². The molecule has 1 heterocycles. The second-order valence-electron chi connectivity index (χ2n) is 8.43. The molecule has 1 amide bonds. The molecule has 0 atom stereocenters. The van der Waals surface area contributed by atoms with Crippen molar-refractivity contribution in [2.75, 3.05) is 19.5 Å². The van der Waals surface area contributed by atoms with E-state index in [2.05, 4.69) is 23.4 Å². The van der Waals surface area contributed by atoms with Crippen LogP contribution >= 0.6 is 23.2 Å². The number of allylic oxidation sites excluding steroid dienone is 3. The molecule has 4 rings (SSSR count). The molecule has 0 radical (unpaired) electrons. The van der Waals surface area contributed by atoms with Gasteiger partial charge in [0, 0.05) is 35.3 Å². The summed E-state index contributed by atoms with van der Waals surface area (Å²) in [6, 6.07) is 6.91. The molecule has 0 saturated carbocycles. The van der Waals surface area contributed by atoms with Gasteiger partial charge in [-0.15, -0.1) is 0 Å². The third-order valence-electron chi connectivity index (χ3n) is 6.24. The molecule has 1 aliphatic rings. The average Bonchev–Trinajstić information content (AvgIpc) is 3.15. The summed E-state index contributed by atoms with van der Waals surface area (Å²) in [5.74, 6) is 0.993. The van der Waals surface area contributed by atoms with Gasteiger partial charge in [-0.1, -0.05) is 47.5 Å². The van der Waals surface area contributed by atoms with E-state index in [1.54, 1.807) is 25.3 Å². The van der Waals surface area contributed by atoms with Crippen molar-refractivity contribution in [1.29, 1.82) is 0 Å². The first kappa shape index (κ1) is 24.2. The Kier molecular flexibility index (Phi) is 7.24. The van der Waals surface area contributed by atoms with Gasteiger partial charge >= 0.3 is 0 Å². The number of nitrogens with one attached hydrogen (secondary N) is 1. The van der Waals surface area contributed by atoms with Gasteiger partial charge in [-0.25, -0.2) is 0 Å². The van der Waals surface area contributed by atoms with Crippen LogP contribution in [0.25, 0.3) is 10.9 Å². The van der Waals surface area contributed by atoms with Gasteiger partial charge in [0.25, 0.3) is 5.91 Å². The van der Waals surface area contributed by atoms with Gasteiger partial charge in [-0.05, 0) is 50.3 Å². The Balaban J connectivity index is 1.88. The van der Waals surface area contributed by atoms with E-state index in [-0.39, 0.29) is 5.91 Å². The normalized spacial score (nSPS) is 13.5. The lowest BCUT2D eigenvalue weighted by Crippen LogP contribution is -2.14. The maximum absolute atomic E-state index is 13.6. The molecule has 7 heteroatoms. The van der Waals surface area contributed by atoms with Crippen LogP contribution in [0.4, 0.5) is 5.69 Å². The molecular formula is C27H28Cl2N2O3. The number of amides is 1. The Morgan fingerprint density at radius 2 is 1.85 bits per heavy atom. The van der Waals surface area contributed by atoms with Gasteiger partial charge < -0.3 is 19.4 Å². The number of aryl methyl sites for hydroxylation is 1. The van der Waals surface area contributed by atoms with E-state index in [4.69, 9.17) is 32.7 Å². The summed E-state index contributed by atoms with van der Waals surface area (Å²) in [5.41, 5.74) is 5.51. The molecule has 0 bridgehead atoms. The fourth-order valence-corrected chi connectivity index (χ4v) is 5.30. The molecule has 0 unspecified atom stereocenters. The number of methoxy groups -OCH3 is 2. The third kappa shape index (κ3) is 4.42. The number of benzene rings is 2. The maximum atomic E-state index is 13.6. The first-order chi connectivity index (χ1) is 16.4. The van der Waals surface area contributed by atoms with Crippen molar-refractivity contribution in [3.8, 4) is 11.5 Å². The number of nitrogens with zero attached hydrogens (tertiary/aromatic N) is 1. The van der Waals surface area contributed by atoms with E-state index in [1.807, 2.05) is 18.2 Å². The fraction of sp³-hybridized carbons (Fsp3) is 0.296. The van der Waals surface area contributed by atoms with Crippen molar-refractivity contribution in [2.45, 2.75) is 39.2 Å². The number of carbonyl (C=O) groups excluding carboxylic acids is 1. The van der Waals surface area contributed by atoms with Crippen LogP contribution in [-0.2, 0) is 19.4 Å². The lowest BCUT2D eigenvalue weighted by molar-refractivity contribution is 0.102. The minimum Gasteiger partial charge on any atom is -0.497 e. The second-order valence-corrected chi connectivity index (χ2v) is 9.24. The minimum absolute atomic E-state index is 0.273. The molecule has 5 nitrogen and oxygen atoms in total. The van der Waals surface area contributed by atoms with Crippen LogP contribution in [0.3, 0.4) is 0 Å². The van der Waals surface area contributed by atoms with Crippen molar-refractivity contribution >= 4 is 45.7 Å². The lowest BCUT2D eigenvalue weighted by Gasteiger charge is -2.16. The molecular weight excluding hydrogens is 471 g/mol. The summed E-state index contributed by atoms with van der Waals surface area (Å²) in [4.78, 5) is 13.6. The van der Waals surface area contributed by atoms with Crippen LogP contribution in [0.2, 0.25) is 10.0 Å². The van der Waals surface area contributed by atoms with Crippen molar-refractivity contribution in [2.24, 2.45) is 0 Å². The number of carbonyl (C=O) groups is 1. The van der Waals surface area contributed by atoms with Crippen LogP contribution in [0.1, 0.15) is 41.4 Å². The van der Waals surface area contributed by atoms with Crippen molar-refractivity contribution in [3.63, 3.8) is 0 Å². The monoisotopic (exact) mass is 498 g/mol. The van der Waals surface area contributed by atoms with E-state index < -0.39 is 0 Å². The Labute approximate surface area is 209 Å². The first-order valence-electron chi connectivity index (χ1n) is 11.2. The van der Waals surface area contributed by atoms with Gasteiger partial charge in [0.15, 0.2) is 0 Å². The molecule has 0 fully saturated rings. The molecule has 0 spiro atoms. The lowest BCUT2D eigenvalue weighted by atomic mass is 9.93. The third-order valence-corrected chi connectivity index (χ3v) is 6.84. The standard InChI is InChI=1S/C27H28Cl2N2O3/c1-5-8-16(2)15-31-22-10-7-6-9-18(22)24-19(11-12-23(34-4)26(24)31)27(32)30-25-20(28)13-17(33-3)14-21(25)29/h5,8,11-14H,1,6-7,9-10,15H2,2-4H3,(H,30,32)/b16-8+. The first-order valence-corrected chi connectivity index (χ1v) is 12.0. The average molecular weight is 499 g/mol. The highest BCUT2D eigenvalue weighted by Gasteiger charge is 2.27. The molecule has 1 aliphatic carbocycles. The van der Waals surface area contributed by atoms with Crippen LogP contribution < -0.4 is 14.8 Å². The highest BCUT2D eigenvalue weighted by atomic mass is 35.5. The highest BCUT2D eigenvalue weighted by Crippen LogP contribution is 2.41. The molecule has 3 aromatic rings. The number of halogens is 2. The second kappa shape index (κ2) is 10.2. The number of rotatable bonds is 7. The quantitative estimate of drug-likeness (QED) is 0.349. The zero-order chi connectivity index (χ0) is 24.4. The minimum atomic E-state index is -0.273. The van der Waals surface area contributed by atoms with Crippen LogP contribution in [0, 0.1) is 0 Å². The SMILES string of the molecule is C=C/C=C(\C)Cn1c2c(c3c(C(=O)Nc4c(Cl)cc(OC)cc4Cl)ccc(OC)c31)CCCC2. The predicted octanol–water partition coefficient (Wildman–Crippen LogP) is 7.23. The van der Waals surface area contributed by atoms with E-state index in [9.17, 15) is 4.79 Å². The zero-order valence-electron chi connectivity index (χ0n) is 19.6. The smallest absolute Gasteiger partial charge is 0.256 e. The number of hydrogen-bond acceptors (Lipinski definition) is 3. The number of aromatic nitrogens is 1. The van der Waals surface area contributed by atoms with E-state index in [0.29, 0.717) is 33.6 Å². The summed E-state index contributed by atoms with van der Waals surface area (Å²) in [6.45, 7) is 6.61. The predicted molar refractivity (Wildman–Crippen MR) is 140 cm³/mol. The summed E-state index contributed by atoms with van der Waals surface area (Å²) in [6.07, 6.45) is 7.90. The van der Waals surface area contributed by atoms with Crippen LogP contribution in [0.5, 0.6) is 11.5 Å². The topological polar surface area (TPSA) is 52.5 Å². The Bertz CT molecular complexity index is 1280. The summed E-state index contributed by atoms with van der Waals surface area (Å²) in [7, 11) is 3.20. The van der Waals surface area contributed by atoms with E-state index >= 15 is 0 Å². The number of ether oxygens (including phenoxy) is 2. The van der Waals surface area contributed by atoms with Crippen molar-refractivity contribution in [1.82, 2.24) is 4.57 Å². The molecule has 1 N–H and O–H groups in total. The van der Waals surface area contributed by atoms with Crippen LogP contribution in [0.15, 0.2) is 48.6 Å². The van der Waals surface area contributed by atoms with Crippen molar-refractivity contribution in [3.05, 3.63) is 75.4 Å². The maximum Gasteiger partial charge on any atom is 0.256 e. The fourth-order valence-electron chi connectivity index (χ4n) is 4.74. The number of fused-ring (bicyclic) bond motifs is 3. The number of hydrogen-bond donors (Lipinski definition) is 1. The largest absolute Gasteiger partial charge is 0.497 e. The molecule has 2 aromatic carbocycles. The molecule has 0 saturated heterocycles. The molecule has 34 heavy (non-hydrogen) atoms. The highest BCUT2D eigenvalue weighted by molar-refractivity contribution is 6.40. The van der Waals surface area contributed by atoms with Gasteiger partial charge in [-0.2, -0.15) is 0 Å². The van der Waals surface area contributed by atoms with Gasteiger partial charge in [0.1, 0.15) is 11.5 Å². The van der Waals surface area contributed by atoms with Crippen molar-refractivity contribution < 1.29 is 14.3 Å². The Morgan fingerprint density at radius 3 is 2.50 bits per heavy atom. The Hall–Kier alpha value is -2.89. The Morgan fingerprint density at radius 1 is 1.15 bits per heavy atom. The van der Waals surface area contributed by atoms with E-state index in [0.717, 1.165) is 42.3 Å². The number of anilines is 1. The van der Waals surface area contributed by atoms with Gasteiger partial charge in [0.2, 0.25) is 0 Å². The summed E-state index contributed by atoms with van der Waals surface area (Å²) < 4.78 is 13.3. The summed E-state index contributed by atoms with van der Waals surface area (Å²) in [5, 5.41) is 4.47. The molecule has 1 aromatic heterocycles. The molecule has 178 valence electrons. The molecule has 0 aliphatic heterocycles. The van der Waals surface area contributed by atoms with Gasteiger partial charge in [0.05, 0.1) is 35.5 Å².